The number of carboxylic acid groups (broad SMARTS) is 1. The molecule has 21 heavy (non-hydrogen) atoms. The molecule has 120 valence electrons. The van der Waals surface area contributed by atoms with Crippen molar-refractivity contribution in [1.82, 2.24) is 10.6 Å². The third-order valence-electron chi connectivity index (χ3n) is 4.47. The van der Waals surface area contributed by atoms with Gasteiger partial charge >= 0.3 is 12.0 Å². The van der Waals surface area contributed by atoms with E-state index in [2.05, 4.69) is 17.6 Å². The quantitative estimate of drug-likeness (QED) is 0.625. The molecule has 0 saturated heterocycles. The molecule has 2 rings (SSSR count). The topological polar surface area (TPSA) is 87.7 Å². The standard InChI is InChI=1S/C15H26N2O4/c1-11-4-6-15(7-5-11,13(18)19)17-14(20)16-8-9-21-10-12-2-3-12/h11-12H,2-10H2,1H3,(H,18,19)(H2,16,17,20). The van der Waals surface area contributed by atoms with E-state index in [1.165, 1.54) is 12.8 Å². The second kappa shape index (κ2) is 7.11. The molecule has 0 bridgehead atoms. The first-order chi connectivity index (χ1) is 10.0. The van der Waals surface area contributed by atoms with Crippen LogP contribution in [0.1, 0.15) is 45.4 Å². The lowest BCUT2D eigenvalue weighted by molar-refractivity contribution is -0.146. The molecule has 0 aromatic rings. The fourth-order valence-electron chi connectivity index (χ4n) is 2.68. The number of hydrogen-bond acceptors (Lipinski definition) is 3. The molecule has 0 spiro atoms. The van der Waals surface area contributed by atoms with E-state index in [9.17, 15) is 14.7 Å². The van der Waals surface area contributed by atoms with Gasteiger partial charge < -0.3 is 20.5 Å². The van der Waals surface area contributed by atoms with Crippen molar-refractivity contribution >= 4 is 12.0 Å². The van der Waals surface area contributed by atoms with Crippen molar-refractivity contribution in [3.63, 3.8) is 0 Å². The summed E-state index contributed by atoms with van der Waals surface area (Å²) >= 11 is 0. The highest BCUT2D eigenvalue weighted by molar-refractivity contribution is 5.86. The summed E-state index contributed by atoms with van der Waals surface area (Å²) in [7, 11) is 0. The average molecular weight is 298 g/mol. The van der Waals surface area contributed by atoms with E-state index in [0.717, 1.165) is 19.4 Å². The monoisotopic (exact) mass is 298 g/mol. The molecule has 2 amide bonds. The Bertz CT molecular complexity index is 374. The first-order valence-corrected chi connectivity index (χ1v) is 7.89. The zero-order chi connectivity index (χ0) is 15.3. The van der Waals surface area contributed by atoms with Crippen molar-refractivity contribution < 1.29 is 19.4 Å². The molecule has 0 atom stereocenters. The summed E-state index contributed by atoms with van der Waals surface area (Å²) in [6.45, 7) is 3.76. The van der Waals surface area contributed by atoms with Crippen LogP contribution in [0.2, 0.25) is 0 Å². The van der Waals surface area contributed by atoms with Crippen LogP contribution in [0.4, 0.5) is 4.79 Å². The molecule has 0 aromatic heterocycles. The third-order valence-corrected chi connectivity index (χ3v) is 4.47. The molecule has 0 radical (unpaired) electrons. The largest absolute Gasteiger partial charge is 0.480 e. The average Bonchev–Trinajstić information content (AvgIpc) is 3.25. The zero-order valence-electron chi connectivity index (χ0n) is 12.7. The smallest absolute Gasteiger partial charge is 0.329 e. The van der Waals surface area contributed by atoms with Gasteiger partial charge in [-0.1, -0.05) is 6.92 Å². The number of carboxylic acids is 1. The lowest BCUT2D eigenvalue weighted by atomic mass is 9.77. The SMILES string of the molecule is CC1CCC(NC(=O)NCCOCC2CC2)(C(=O)O)CC1. The second-order valence-electron chi connectivity index (χ2n) is 6.47. The molecule has 6 nitrogen and oxygen atoms in total. The molecule has 2 aliphatic carbocycles. The van der Waals surface area contributed by atoms with Gasteiger partial charge in [-0.3, -0.25) is 0 Å². The maximum absolute atomic E-state index is 11.9. The molecule has 0 heterocycles. The number of nitrogens with one attached hydrogen (secondary N) is 2. The summed E-state index contributed by atoms with van der Waals surface area (Å²) in [4.78, 5) is 23.4. The Labute approximate surface area is 125 Å². The van der Waals surface area contributed by atoms with E-state index in [1.54, 1.807) is 0 Å². The molecular formula is C15H26N2O4. The van der Waals surface area contributed by atoms with E-state index in [1.807, 2.05) is 0 Å². The van der Waals surface area contributed by atoms with Crippen molar-refractivity contribution in [2.75, 3.05) is 19.8 Å². The van der Waals surface area contributed by atoms with Crippen LogP contribution in [0.5, 0.6) is 0 Å². The number of amides is 2. The van der Waals surface area contributed by atoms with E-state index in [4.69, 9.17) is 4.74 Å². The normalized spacial score (nSPS) is 28.9. The Hall–Kier alpha value is -1.30. The van der Waals surface area contributed by atoms with Crippen LogP contribution >= 0.6 is 0 Å². The van der Waals surface area contributed by atoms with Crippen LogP contribution < -0.4 is 10.6 Å². The van der Waals surface area contributed by atoms with E-state index < -0.39 is 17.5 Å². The van der Waals surface area contributed by atoms with Gasteiger partial charge in [0.25, 0.3) is 0 Å². The Morgan fingerprint density at radius 3 is 2.48 bits per heavy atom. The first-order valence-electron chi connectivity index (χ1n) is 7.89. The third kappa shape index (κ3) is 4.88. The minimum absolute atomic E-state index is 0.407. The van der Waals surface area contributed by atoms with Gasteiger partial charge in [0, 0.05) is 13.2 Å². The van der Waals surface area contributed by atoms with Crippen LogP contribution in [0, 0.1) is 11.8 Å². The zero-order valence-corrected chi connectivity index (χ0v) is 12.7. The number of carbonyl (C=O) groups excluding carboxylic acids is 1. The lowest BCUT2D eigenvalue weighted by Gasteiger charge is -2.36. The number of rotatable bonds is 7. The van der Waals surface area contributed by atoms with E-state index in [-0.39, 0.29) is 0 Å². The van der Waals surface area contributed by atoms with Crippen LogP contribution in [0.3, 0.4) is 0 Å². The van der Waals surface area contributed by atoms with Crippen molar-refractivity contribution in [1.29, 1.82) is 0 Å². The highest BCUT2D eigenvalue weighted by Crippen LogP contribution is 2.32. The van der Waals surface area contributed by atoms with Crippen molar-refractivity contribution in [3.8, 4) is 0 Å². The Kier molecular flexibility index (Phi) is 5.45. The summed E-state index contributed by atoms with van der Waals surface area (Å²) < 4.78 is 5.43. The Morgan fingerprint density at radius 2 is 1.90 bits per heavy atom. The second-order valence-corrected chi connectivity index (χ2v) is 6.47. The number of urea groups is 1. The number of hydrogen-bond donors (Lipinski definition) is 3. The van der Waals surface area contributed by atoms with E-state index >= 15 is 0 Å². The Morgan fingerprint density at radius 1 is 1.24 bits per heavy atom. The summed E-state index contributed by atoms with van der Waals surface area (Å²) in [6, 6.07) is -0.415. The van der Waals surface area contributed by atoms with Gasteiger partial charge in [0.1, 0.15) is 5.54 Å². The van der Waals surface area contributed by atoms with Gasteiger partial charge in [0.2, 0.25) is 0 Å². The molecule has 0 unspecified atom stereocenters. The van der Waals surface area contributed by atoms with Gasteiger partial charge in [-0.2, -0.15) is 0 Å². The molecule has 2 aliphatic rings. The van der Waals surface area contributed by atoms with Gasteiger partial charge in [-0.15, -0.1) is 0 Å². The van der Waals surface area contributed by atoms with Crippen LogP contribution in [0.15, 0.2) is 0 Å². The van der Waals surface area contributed by atoms with Crippen LogP contribution in [-0.4, -0.2) is 42.4 Å². The van der Waals surface area contributed by atoms with Crippen LogP contribution in [0.25, 0.3) is 0 Å². The fourth-order valence-corrected chi connectivity index (χ4v) is 2.68. The molecule has 2 saturated carbocycles. The lowest BCUT2D eigenvalue weighted by Crippen LogP contribution is -2.58. The summed E-state index contributed by atoms with van der Waals surface area (Å²) in [5.74, 6) is 0.297. The molecule has 0 aliphatic heterocycles. The molecule has 3 N–H and O–H groups in total. The van der Waals surface area contributed by atoms with E-state index in [0.29, 0.717) is 37.8 Å². The van der Waals surface area contributed by atoms with Crippen molar-refractivity contribution in [2.45, 2.75) is 51.0 Å². The molecular weight excluding hydrogens is 272 g/mol. The van der Waals surface area contributed by atoms with Crippen LogP contribution in [-0.2, 0) is 9.53 Å². The van der Waals surface area contributed by atoms with Crippen molar-refractivity contribution in [2.24, 2.45) is 11.8 Å². The maximum atomic E-state index is 11.9. The van der Waals surface area contributed by atoms with Gasteiger partial charge in [0.05, 0.1) is 6.61 Å². The molecule has 6 heteroatoms. The number of carbonyl (C=O) groups is 2. The minimum Gasteiger partial charge on any atom is -0.480 e. The predicted octanol–water partition coefficient (Wildman–Crippen LogP) is 1.75. The summed E-state index contributed by atoms with van der Waals surface area (Å²) in [6.07, 6.45) is 5.14. The maximum Gasteiger partial charge on any atom is 0.329 e. The highest BCUT2D eigenvalue weighted by atomic mass is 16.5. The van der Waals surface area contributed by atoms with Gasteiger partial charge in [-0.05, 0) is 50.4 Å². The van der Waals surface area contributed by atoms with Gasteiger partial charge in [0.15, 0.2) is 0 Å². The summed E-state index contributed by atoms with van der Waals surface area (Å²) in [5, 5.41) is 14.8. The number of aliphatic carboxylic acids is 1. The molecule has 2 fully saturated rings. The molecule has 0 aromatic carbocycles. The highest BCUT2D eigenvalue weighted by Gasteiger charge is 2.42. The fraction of sp³-hybridized carbons (Fsp3) is 0.867. The minimum atomic E-state index is -1.11. The van der Waals surface area contributed by atoms with Gasteiger partial charge in [-0.25, -0.2) is 9.59 Å². The van der Waals surface area contributed by atoms with Crippen molar-refractivity contribution in [3.05, 3.63) is 0 Å². The summed E-state index contributed by atoms with van der Waals surface area (Å²) in [5.41, 5.74) is -1.11. The number of ether oxygens (including phenoxy) is 1. The first kappa shape index (κ1) is 16.1. The Balaban J connectivity index is 1.69. The predicted molar refractivity (Wildman–Crippen MR) is 78.1 cm³/mol.